The molecule has 0 radical (unpaired) electrons. The number of aliphatic hydroxyl groups excluding tert-OH is 1. The molecule has 1 atom stereocenters. The number of nitrogens with zero attached hydrogens (tertiary/aromatic N) is 1. The van der Waals surface area contributed by atoms with Crippen LogP contribution in [-0.2, 0) is 10.0 Å². The predicted octanol–water partition coefficient (Wildman–Crippen LogP) is 1.94. The van der Waals surface area contributed by atoms with Crippen LogP contribution >= 0.6 is 11.3 Å². The van der Waals surface area contributed by atoms with E-state index < -0.39 is 16.1 Å². The van der Waals surface area contributed by atoms with Crippen molar-refractivity contribution in [2.45, 2.75) is 17.9 Å². The van der Waals surface area contributed by atoms with E-state index in [2.05, 4.69) is 4.72 Å². The van der Waals surface area contributed by atoms with Crippen LogP contribution < -0.4 is 4.72 Å². The summed E-state index contributed by atoms with van der Waals surface area (Å²) in [6.45, 7) is 1.54. The summed E-state index contributed by atoms with van der Waals surface area (Å²) in [7, 11) is -3.84. The summed E-state index contributed by atoms with van der Waals surface area (Å²) < 4.78 is 26.9. The lowest BCUT2D eigenvalue weighted by atomic mass is 10.1. The second-order valence-electron chi connectivity index (χ2n) is 4.48. The van der Waals surface area contributed by atoms with Gasteiger partial charge in [-0.3, -0.25) is 0 Å². The van der Waals surface area contributed by atoms with Crippen molar-refractivity contribution in [1.29, 1.82) is 5.26 Å². The summed E-state index contributed by atoms with van der Waals surface area (Å²) in [5, 5.41) is 22.6. The summed E-state index contributed by atoms with van der Waals surface area (Å²) in [6, 6.07) is 8.28. The first-order chi connectivity index (χ1) is 9.95. The topological polar surface area (TPSA) is 90.2 Å². The fraction of sp³-hybridized carbons (Fsp3) is 0.214. The Kier molecular flexibility index (Phi) is 4.75. The van der Waals surface area contributed by atoms with Gasteiger partial charge < -0.3 is 5.11 Å². The SMILES string of the molecule is Cc1cccc(S(=O)(=O)NC[C@@H](O)c2ccsc2)c1C#N. The van der Waals surface area contributed by atoms with Gasteiger partial charge in [0.2, 0.25) is 10.0 Å². The van der Waals surface area contributed by atoms with E-state index >= 15 is 0 Å². The Morgan fingerprint density at radius 3 is 2.81 bits per heavy atom. The molecule has 1 aromatic heterocycles. The minimum Gasteiger partial charge on any atom is -0.387 e. The van der Waals surface area contributed by atoms with E-state index in [0.717, 1.165) is 0 Å². The Balaban J connectivity index is 2.20. The van der Waals surface area contributed by atoms with Crippen molar-refractivity contribution in [2.75, 3.05) is 6.54 Å². The van der Waals surface area contributed by atoms with Gasteiger partial charge in [0.1, 0.15) is 6.07 Å². The molecule has 1 heterocycles. The van der Waals surface area contributed by atoms with Gasteiger partial charge in [-0.15, -0.1) is 0 Å². The smallest absolute Gasteiger partial charge is 0.241 e. The molecule has 0 bridgehead atoms. The summed E-state index contributed by atoms with van der Waals surface area (Å²) in [5.74, 6) is 0. The molecule has 0 amide bonds. The molecular formula is C14H14N2O3S2. The van der Waals surface area contributed by atoms with Gasteiger partial charge in [0.15, 0.2) is 0 Å². The number of nitriles is 1. The maximum atomic E-state index is 12.3. The maximum Gasteiger partial charge on any atom is 0.241 e. The van der Waals surface area contributed by atoms with Crippen molar-refractivity contribution in [2.24, 2.45) is 0 Å². The first kappa shape index (κ1) is 15.7. The van der Waals surface area contributed by atoms with Gasteiger partial charge in [-0.1, -0.05) is 12.1 Å². The average molecular weight is 322 g/mol. The molecule has 5 nitrogen and oxygen atoms in total. The third-order valence-corrected chi connectivity index (χ3v) is 5.20. The van der Waals surface area contributed by atoms with Crippen molar-refractivity contribution in [3.05, 3.63) is 51.7 Å². The molecule has 21 heavy (non-hydrogen) atoms. The van der Waals surface area contributed by atoms with E-state index in [9.17, 15) is 13.5 Å². The van der Waals surface area contributed by atoms with E-state index in [-0.39, 0.29) is 17.0 Å². The number of hydrogen-bond donors (Lipinski definition) is 2. The predicted molar refractivity (Wildman–Crippen MR) is 80.4 cm³/mol. The lowest BCUT2D eigenvalue weighted by Gasteiger charge is -2.12. The standard InChI is InChI=1S/C14H14N2O3S2/c1-10-3-2-4-14(12(10)7-15)21(18,19)16-8-13(17)11-5-6-20-9-11/h2-6,9,13,16-17H,8H2,1H3/t13-/m1/s1. The van der Waals surface area contributed by atoms with Gasteiger partial charge in [-0.05, 0) is 40.9 Å². The van der Waals surface area contributed by atoms with Crippen molar-refractivity contribution < 1.29 is 13.5 Å². The van der Waals surface area contributed by atoms with Crippen LogP contribution in [0.3, 0.4) is 0 Å². The molecule has 2 rings (SSSR count). The molecule has 0 fully saturated rings. The van der Waals surface area contributed by atoms with Crippen molar-refractivity contribution in [3.8, 4) is 6.07 Å². The fourth-order valence-corrected chi connectivity index (χ4v) is 3.83. The highest BCUT2D eigenvalue weighted by Crippen LogP contribution is 2.20. The van der Waals surface area contributed by atoms with E-state index in [4.69, 9.17) is 5.26 Å². The molecular weight excluding hydrogens is 308 g/mol. The van der Waals surface area contributed by atoms with Crippen LogP contribution in [0, 0.1) is 18.3 Å². The van der Waals surface area contributed by atoms with Gasteiger partial charge >= 0.3 is 0 Å². The summed E-state index contributed by atoms with van der Waals surface area (Å²) >= 11 is 1.43. The molecule has 0 spiro atoms. The Morgan fingerprint density at radius 1 is 1.43 bits per heavy atom. The zero-order chi connectivity index (χ0) is 15.5. The second-order valence-corrected chi connectivity index (χ2v) is 7.00. The lowest BCUT2D eigenvalue weighted by Crippen LogP contribution is -2.29. The number of aryl methyl sites for hydroxylation is 1. The number of nitrogens with one attached hydrogen (secondary N) is 1. The van der Waals surface area contributed by atoms with E-state index in [0.29, 0.717) is 11.1 Å². The number of thiophene rings is 1. The number of rotatable bonds is 5. The molecule has 7 heteroatoms. The Labute approximate surface area is 127 Å². The minimum absolute atomic E-state index is 0.0671. The summed E-state index contributed by atoms with van der Waals surface area (Å²) in [4.78, 5) is -0.0671. The Hall–Kier alpha value is -1.72. The first-order valence-corrected chi connectivity index (χ1v) is 8.58. The highest BCUT2D eigenvalue weighted by atomic mass is 32.2. The number of hydrogen-bond acceptors (Lipinski definition) is 5. The van der Waals surface area contributed by atoms with Crippen LogP contribution in [0.25, 0.3) is 0 Å². The zero-order valence-corrected chi connectivity index (χ0v) is 12.9. The molecule has 0 unspecified atom stereocenters. The van der Waals surface area contributed by atoms with Crippen LogP contribution in [0.1, 0.15) is 22.8 Å². The monoisotopic (exact) mass is 322 g/mol. The second kappa shape index (κ2) is 6.37. The van der Waals surface area contributed by atoms with Gasteiger partial charge in [0.25, 0.3) is 0 Å². The first-order valence-electron chi connectivity index (χ1n) is 6.15. The Bertz CT molecular complexity index is 762. The molecule has 1 aromatic carbocycles. The van der Waals surface area contributed by atoms with Crippen LogP contribution in [0.15, 0.2) is 39.9 Å². The van der Waals surface area contributed by atoms with Crippen LogP contribution in [0.4, 0.5) is 0 Å². The van der Waals surface area contributed by atoms with Gasteiger partial charge in [-0.25, -0.2) is 13.1 Å². The van der Waals surface area contributed by atoms with Gasteiger partial charge in [-0.2, -0.15) is 16.6 Å². The summed E-state index contributed by atoms with van der Waals surface area (Å²) in [6.07, 6.45) is -0.915. The number of sulfonamides is 1. The van der Waals surface area contributed by atoms with E-state index in [1.165, 1.54) is 17.4 Å². The number of benzene rings is 1. The molecule has 0 saturated carbocycles. The van der Waals surface area contributed by atoms with Gasteiger partial charge in [0, 0.05) is 6.54 Å². The third kappa shape index (κ3) is 3.49. The Morgan fingerprint density at radius 2 is 2.19 bits per heavy atom. The normalized spacial score (nSPS) is 12.8. The van der Waals surface area contributed by atoms with Crippen LogP contribution in [-0.4, -0.2) is 20.1 Å². The van der Waals surface area contributed by atoms with Gasteiger partial charge in [0.05, 0.1) is 16.6 Å². The molecule has 2 N–H and O–H groups in total. The molecule has 0 aliphatic rings. The summed E-state index contributed by atoms with van der Waals surface area (Å²) in [5.41, 5.74) is 1.38. The molecule has 0 saturated heterocycles. The molecule has 0 aliphatic heterocycles. The fourth-order valence-electron chi connectivity index (χ4n) is 1.86. The number of aliphatic hydroxyl groups is 1. The third-order valence-electron chi connectivity index (χ3n) is 3.03. The molecule has 0 aliphatic carbocycles. The minimum atomic E-state index is -3.84. The quantitative estimate of drug-likeness (QED) is 0.880. The highest BCUT2D eigenvalue weighted by Gasteiger charge is 2.21. The van der Waals surface area contributed by atoms with Crippen LogP contribution in [0.2, 0.25) is 0 Å². The largest absolute Gasteiger partial charge is 0.387 e. The van der Waals surface area contributed by atoms with E-state index in [1.54, 1.807) is 35.9 Å². The van der Waals surface area contributed by atoms with Crippen molar-refractivity contribution >= 4 is 21.4 Å². The average Bonchev–Trinajstić information content (AvgIpc) is 2.99. The van der Waals surface area contributed by atoms with Crippen LogP contribution in [0.5, 0.6) is 0 Å². The van der Waals surface area contributed by atoms with E-state index in [1.807, 2.05) is 6.07 Å². The molecule has 110 valence electrons. The van der Waals surface area contributed by atoms with Crippen molar-refractivity contribution in [1.82, 2.24) is 4.72 Å². The maximum absolute atomic E-state index is 12.3. The zero-order valence-electron chi connectivity index (χ0n) is 11.3. The lowest BCUT2D eigenvalue weighted by molar-refractivity contribution is 0.182. The van der Waals surface area contributed by atoms with Crippen molar-refractivity contribution in [3.63, 3.8) is 0 Å². The highest BCUT2D eigenvalue weighted by molar-refractivity contribution is 7.89. The molecule has 2 aromatic rings.